The molecule has 120 valence electrons. The van der Waals surface area contributed by atoms with Gasteiger partial charge in [-0.1, -0.05) is 56.2 Å². The summed E-state index contributed by atoms with van der Waals surface area (Å²) in [6.07, 6.45) is 10.5. The molecule has 3 nitrogen and oxygen atoms in total. The fourth-order valence-corrected chi connectivity index (χ4v) is 2.71. The predicted molar refractivity (Wildman–Crippen MR) is 92.3 cm³/mol. The molecule has 1 unspecified atom stereocenters. The van der Waals surface area contributed by atoms with E-state index in [4.69, 9.17) is 0 Å². The van der Waals surface area contributed by atoms with Crippen LogP contribution in [0.5, 0.6) is 0 Å². The third-order valence-electron chi connectivity index (χ3n) is 4.02. The third kappa shape index (κ3) is 5.94. The number of nitrogens with one attached hydrogen (secondary N) is 2. The van der Waals surface area contributed by atoms with Crippen LogP contribution in [0.4, 0.5) is 0 Å². The Bertz CT molecular complexity index is 493. The van der Waals surface area contributed by atoms with Gasteiger partial charge in [-0.05, 0) is 36.8 Å². The molecule has 0 aliphatic carbocycles. The van der Waals surface area contributed by atoms with Crippen LogP contribution in [0.1, 0.15) is 44.6 Å². The van der Waals surface area contributed by atoms with E-state index in [1.54, 1.807) is 0 Å². The summed E-state index contributed by atoms with van der Waals surface area (Å²) in [5, 5.41) is 9.97. The summed E-state index contributed by atoms with van der Waals surface area (Å²) in [5.41, 5.74) is 8.73. The van der Waals surface area contributed by atoms with Crippen molar-refractivity contribution in [3.63, 3.8) is 0 Å². The minimum Gasteiger partial charge on any atom is -0.512 e. The highest BCUT2D eigenvalue weighted by Crippen LogP contribution is 2.16. The minimum atomic E-state index is 0.470. The van der Waals surface area contributed by atoms with Crippen molar-refractivity contribution in [2.75, 3.05) is 6.54 Å². The Morgan fingerprint density at radius 3 is 2.86 bits per heavy atom. The van der Waals surface area contributed by atoms with Crippen LogP contribution in [-0.2, 0) is 6.42 Å². The number of unbranched alkanes of at least 4 members (excludes halogenated alkanes) is 2. The molecule has 0 amide bonds. The van der Waals surface area contributed by atoms with Crippen molar-refractivity contribution >= 4 is 0 Å². The van der Waals surface area contributed by atoms with E-state index in [9.17, 15) is 5.11 Å². The summed E-state index contributed by atoms with van der Waals surface area (Å²) in [6, 6.07) is 10.6. The number of benzene rings is 1. The van der Waals surface area contributed by atoms with E-state index in [2.05, 4.69) is 54.2 Å². The molecule has 0 fully saturated rings. The molecule has 0 spiro atoms. The van der Waals surface area contributed by atoms with Crippen LogP contribution in [0.3, 0.4) is 0 Å². The summed E-state index contributed by atoms with van der Waals surface area (Å²) in [7, 11) is 0. The van der Waals surface area contributed by atoms with Gasteiger partial charge < -0.3 is 10.5 Å². The lowest BCUT2D eigenvalue weighted by Crippen LogP contribution is -2.39. The van der Waals surface area contributed by atoms with Crippen molar-refractivity contribution in [1.82, 2.24) is 10.9 Å². The molecule has 0 bridgehead atoms. The van der Waals surface area contributed by atoms with E-state index in [0.717, 1.165) is 37.9 Å². The molecule has 3 N–H and O–H groups in total. The van der Waals surface area contributed by atoms with Crippen LogP contribution in [-0.4, -0.2) is 11.7 Å². The number of aryl methyl sites for hydroxylation is 1. The number of hydrazine groups is 1. The molecule has 1 heterocycles. The van der Waals surface area contributed by atoms with Crippen LogP contribution in [0.25, 0.3) is 0 Å². The van der Waals surface area contributed by atoms with Gasteiger partial charge in [0.15, 0.2) is 0 Å². The molecule has 1 aromatic rings. The predicted octanol–water partition coefficient (Wildman–Crippen LogP) is 4.25. The highest BCUT2D eigenvalue weighted by atomic mass is 16.3. The maximum absolute atomic E-state index is 9.97. The molecule has 1 atom stereocenters. The van der Waals surface area contributed by atoms with Crippen molar-refractivity contribution in [2.24, 2.45) is 5.92 Å². The Morgan fingerprint density at radius 2 is 2.09 bits per heavy atom. The molecule has 3 heteroatoms. The number of rotatable bonds is 8. The second-order valence-electron chi connectivity index (χ2n) is 6.01. The topological polar surface area (TPSA) is 44.3 Å². The first-order valence-corrected chi connectivity index (χ1v) is 8.42. The smallest absolute Gasteiger partial charge is 0.0943 e. The number of hydrogen-bond donors (Lipinski definition) is 3. The lowest BCUT2D eigenvalue weighted by atomic mass is 9.97. The van der Waals surface area contributed by atoms with Gasteiger partial charge in [0.05, 0.1) is 5.76 Å². The van der Waals surface area contributed by atoms with Crippen LogP contribution in [0.2, 0.25) is 0 Å². The van der Waals surface area contributed by atoms with Crippen molar-refractivity contribution in [1.29, 1.82) is 0 Å². The number of allylic oxidation sites excluding steroid dienone is 2. The zero-order chi connectivity index (χ0) is 15.6. The van der Waals surface area contributed by atoms with Gasteiger partial charge in [0, 0.05) is 18.7 Å². The first kappa shape index (κ1) is 16.6. The summed E-state index contributed by atoms with van der Waals surface area (Å²) in [5.74, 6) is 0.967. The van der Waals surface area contributed by atoms with E-state index in [-0.39, 0.29) is 0 Å². The molecule has 2 rings (SSSR count). The van der Waals surface area contributed by atoms with Crippen molar-refractivity contribution in [3.8, 4) is 0 Å². The highest BCUT2D eigenvalue weighted by Gasteiger charge is 2.12. The molecule has 22 heavy (non-hydrogen) atoms. The van der Waals surface area contributed by atoms with E-state index in [0.29, 0.717) is 11.7 Å². The molecule has 0 aromatic heterocycles. The summed E-state index contributed by atoms with van der Waals surface area (Å²) in [6.45, 7) is 3.11. The second-order valence-corrected chi connectivity index (χ2v) is 6.01. The average molecular weight is 300 g/mol. The van der Waals surface area contributed by atoms with Crippen LogP contribution < -0.4 is 10.9 Å². The lowest BCUT2D eigenvalue weighted by Gasteiger charge is -2.22. The molecule has 0 saturated carbocycles. The van der Waals surface area contributed by atoms with Gasteiger partial charge in [-0.25, -0.2) is 5.43 Å². The normalized spacial score (nSPS) is 18.7. The molecule has 1 aromatic carbocycles. The van der Waals surface area contributed by atoms with Crippen LogP contribution in [0.15, 0.2) is 53.9 Å². The van der Waals surface area contributed by atoms with E-state index < -0.39 is 0 Å². The Labute approximate surface area is 134 Å². The maximum Gasteiger partial charge on any atom is 0.0943 e. The first-order valence-electron chi connectivity index (χ1n) is 8.42. The maximum atomic E-state index is 9.97. The molecule has 1 aliphatic rings. The highest BCUT2D eigenvalue weighted by molar-refractivity contribution is 5.22. The van der Waals surface area contributed by atoms with Gasteiger partial charge in [-0.3, -0.25) is 0 Å². The third-order valence-corrected chi connectivity index (χ3v) is 4.02. The van der Waals surface area contributed by atoms with Crippen LogP contribution in [0, 0.1) is 5.92 Å². The fourth-order valence-electron chi connectivity index (χ4n) is 2.71. The Morgan fingerprint density at radius 1 is 1.27 bits per heavy atom. The summed E-state index contributed by atoms with van der Waals surface area (Å²) in [4.78, 5) is 0. The van der Waals surface area contributed by atoms with Crippen molar-refractivity contribution in [2.45, 2.75) is 45.4 Å². The Kier molecular flexibility index (Phi) is 7.04. The van der Waals surface area contributed by atoms with E-state index in [1.165, 1.54) is 18.4 Å². The van der Waals surface area contributed by atoms with Gasteiger partial charge in [0.1, 0.15) is 0 Å². The molecular weight excluding hydrogens is 272 g/mol. The van der Waals surface area contributed by atoms with Gasteiger partial charge in [-0.2, -0.15) is 0 Å². The summed E-state index contributed by atoms with van der Waals surface area (Å²) >= 11 is 0. The molecular formula is C19H28N2O. The van der Waals surface area contributed by atoms with Gasteiger partial charge in [0.2, 0.25) is 0 Å². The molecule has 1 aliphatic heterocycles. The summed E-state index contributed by atoms with van der Waals surface area (Å²) < 4.78 is 0. The first-order chi connectivity index (χ1) is 10.8. The SMILES string of the molecule is CCCCC/C(O)=C/C1=CC(CCc2ccccc2)CNN1. The zero-order valence-electron chi connectivity index (χ0n) is 13.5. The van der Waals surface area contributed by atoms with Gasteiger partial charge in [-0.15, -0.1) is 0 Å². The van der Waals surface area contributed by atoms with Gasteiger partial charge in [0.25, 0.3) is 0 Å². The quantitative estimate of drug-likeness (QED) is 0.497. The fraction of sp³-hybridized carbons (Fsp3) is 0.474. The molecule has 0 saturated heterocycles. The number of aliphatic hydroxyl groups is 1. The Balaban J connectivity index is 1.84. The monoisotopic (exact) mass is 300 g/mol. The van der Waals surface area contributed by atoms with E-state index in [1.807, 2.05) is 6.08 Å². The number of hydrogen-bond acceptors (Lipinski definition) is 3. The lowest BCUT2D eigenvalue weighted by molar-refractivity contribution is 0.378. The zero-order valence-corrected chi connectivity index (χ0v) is 13.5. The Hall–Kier alpha value is -1.74. The average Bonchev–Trinajstić information content (AvgIpc) is 2.54. The number of aliphatic hydroxyl groups excluding tert-OH is 1. The van der Waals surface area contributed by atoms with Crippen molar-refractivity contribution in [3.05, 3.63) is 59.5 Å². The van der Waals surface area contributed by atoms with Gasteiger partial charge >= 0.3 is 0 Å². The standard InChI is InChI=1S/C19H28N2O/c1-2-3-5-10-19(22)14-18-13-17(15-20-21-18)12-11-16-8-6-4-7-9-16/h4,6-9,13-14,17,20-22H,2-3,5,10-12,15H2,1H3/b19-14-. The minimum absolute atomic E-state index is 0.470. The second kappa shape index (κ2) is 9.31. The van der Waals surface area contributed by atoms with Crippen molar-refractivity contribution < 1.29 is 5.11 Å². The van der Waals surface area contributed by atoms with Crippen LogP contribution >= 0.6 is 0 Å². The molecule has 0 radical (unpaired) electrons. The van der Waals surface area contributed by atoms with E-state index >= 15 is 0 Å². The largest absolute Gasteiger partial charge is 0.512 e.